The standard InChI is InChI=1S/C18H24Cl2N2O4/c1-2-26-18(25)22-9-3-4-13(11-22)17(24)21-8-7-16(23)12-5-6-14(19)15(20)10-12/h5-6,10,13,16,23H,2-4,7-9,11H2,1H3,(H,21,24)/t13-,16+/m1/s1. The summed E-state index contributed by atoms with van der Waals surface area (Å²) in [4.78, 5) is 25.7. The Labute approximate surface area is 163 Å². The first-order valence-electron chi connectivity index (χ1n) is 8.74. The van der Waals surface area contributed by atoms with Crippen molar-refractivity contribution in [2.24, 2.45) is 5.92 Å². The second kappa shape index (κ2) is 10.00. The SMILES string of the molecule is CCOC(=O)N1CCC[C@@H](C(=O)NCC[C@H](O)c2ccc(Cl)c(Cl)c2)C1. The number of nitrogens with zero attached hydrogens (tertiary/aromatic N) is 1. The molecule has 26 heavy (non-hydrogen) atoms. The predicted molar refractivity (Wildman–Crippen MR) is 100 cm³/mol. The molecule has 0 unspecified atom stereocenters. The van der Waals surface area contributed by atoms with Crippen molar-refractivity contribution in [2.45, 2.75) is 32.3 Å². The Hall–Kier alpha value is -1.50. The highest BCUT2D eigenvalue weighted by Crippen LogP contribution is 2.26. The number of nitrogens with one attached hydrogen (secondary N) is 1. The summed E-state index contributed by atoms with van der Waals surface area (Å²) in [6, 6.07) is 4.96. The third-order valence-corrected chi connectivity index (χ3v) is 5.10. The number of amides is 2. The van der Waals surface area contributed by atoms with E-state index in [1.165, 1.54) is 0 Å². The maximum atomic E-state index is 12.3. The van der Waals surface area contributed by atoms with Gasteiger partial charge in [-0.05, 0) is 43.9 Å². The second-order valence-electron chi connectivity index (χ2n) is 6.25. The number of carbonyl (C=O) groups excluding carboxylic acids is 2. The number of aliphatic hydroxyl groups is 1. The van der Waals surface area contributed by atoms with Crippen LogP contribution in [0.3, 0.4) is 0 Å². The van der Waals surface area contributed by atoms with Gasteiger partial charge in [-0.1, -0.05) is 29.3 Å². The van der Waals surface area contributed by atoms with E-state index in [1.54, 1.807) is 30.0 Å². The number of ether oxygens (including phenoxy) is 1. The van der Waals surface area contributed by atoms with Crippen LogP contribution in [0.25, 0.3) is 0 Å². The maximum Gasteiger partial charge on any atom is 0.409 e. The maximum absolute atomic E-state index is 12.3. The Morgan fingerprint density at radius 2 is 2.15 bits per heavy atom. The Kier molecular flexibility index (Phi) is 8.00. The van der Waals surface area contributed by atoms with Crippen LogP contribution in [0.1, 0.15) is 37.9 Å². The Bertz CT molecular complexity index is 642. The van der Waals surface area contributed by atoms with Crippen molar-refractivity contribution in [1.29, 1.82) is 0 Å². The fraction of sp³-hybridized carbons (Fsp3) is 0.556. The molecule has 0 bridgehead atoms. The van der Waals surface area contributed by atoms with E-state index in [4.69, 9.17) is 27.9 Å². The molecule has 0 aromatic heterocycles. The van der Waals surface area contributed by atoms with Gasteiger partial charge in [0.2, 0.25) is 5.91 Å². The molecule has 144 valence electrons. The molecule has 2 rings (SSSR count). The van der Waals surface area contributed by atoms with Gasteiger partial charge in [0.1, 0.15) is 0 Å². The molecule has 1 aromatic carbocycles. The molecule has 6 nitrogen and oxygen atoms in total. The van der Waals surface area contributed by atoms with Crippen molar-refractivity contribution in [3.63, 3.8) is 0 Å². The molecule has 1 saturated heterocycles. The summed E-state index contributed by atoms with van der Waals surface area (Å²) in [6.07, 6.45) is 0.741. The van der Waals surface area contributed by atoms with E-state index in [1.807, 2.05) is 0 Å². The first-order chi connectivity index (χ1) is 12.4. The number of piperidine rings is 1. The molecule has 0 radical (unpaired) electrons. The zero-order chi connectivity index (χ0) is 19.1. The van der Waals surface area contributed by atoms with Crippen LogP contribution in [0.4, 0.5) is 4.79 Å². The topological polar surface area (TPSA) is 78.9 Å². The lowest BCUT2D eigenvalue weighted by atomic mass is 9.97. The molecular weight excluding hydrogens is 379 g/mol. The number of rotatable bonds is 6. The van der Waals surface area contributed by atoms with Crippen LogP contribution in [0.15, 0.2) is 18.2 Å². The number of aliphatic hydroxyl groups excluding tert-OH is 1. The molecule has 1 fully saturated rings. The molecule has 8 heteroatoms. The van der Waals surface area contributed by atoms with Crippen LogP contribution >= 0.6 is 23.2 Å². The third kappa shape index (κ3) is 5.76. The zero-order valence-corrected chi connectivity index (χ0v) is 16.2. The van der Waals surface area contributed by atoms with Crippen LogP contribution in [-0.4, -0.2) is 48.2 Å². The number of hydrogen-bond acceptors (Lipinski definition) is 4. The van der Waals surface area contributed by atoms with Gasteiger partial charge in [-0.25, -0.2) is 4.79 Å². The van der Waals surface area contributed by atoms with E-state index in [2.05, 4.69) is 5.32 Å². The van der Waals surface area contributed by atoms with Crippen LogP contribution in [-0.2, 0) is 9.53 Å². The summed E-state index contributed by atoms with van der Waals surface area (Å²) in [5.41, 5.74) is 0.653. The van der Waals surface area contributed by atoms with E-state index in [0.29, 0.717) is 48.3 Å². The van der Waals surface area contributed by atoms with Gasteiger partial charge in [-0.15, -0.1) is 0 Å². The summed E-state index contributed by atoms with van der Waals surface area (Å²) < 4.78 is 4.99. The van der Waals surface area contributed by atoms with Gasteiger partial charge >= 0.3 is 6.09 Å². The second-order valence-corrected chi connectivity index (χ2v) is 7.07. The largest absolute Gasteiger partial charge is 0.450 e. The minimum Gasteiger partial charge on any atom is -0.450 e. The van der Waals surface area contributed by atoms with E-state index < -0.39 is 6.10 Å². The molecule has 2 N–H and O–H groups in total. The molecule has 1 aliphatic rings. The number of carbonyl (C=O) groups is 2. The molecule has 0 saturated carbocycles. The minimum atomic E-state index is -0.743. The van der Waals surface area contributed by atoms with Crippen molar-refractivity contribution in [3.8, 4) is 0 Å². The number of halogens is 2. The van der Waals surface area contributed by atoms with Gasteiger partial charge in [-0.2, -0.15) is 0 Å². The lowest BCUT2D eigenvalue weighted by Crippen LogP contribution is -2.45. The van der Waals surface area contributed by atoms with Crippen LogP contribution in [0.5, 0.6) is 0 Å². The molecule has 1 aromatic rings. The fourth-order valence-electron chi connectivity index (χ4n) is 2.93. The van der Waals surface area contributed by atoms with Gasteiger partial charge in [-0.3, -0.25) is 4.79 Å². The smallest absolute Gasteiger partial charge is 0.409 e. The van der Waals surface area contributed by atoms with E-state index in [0.717, 1.165) is 12.8 Å². The van der Waals surface area contributed by atoms with Gasteiger partial charge in [0, 0.05) is 19.6 Å². The molecule has 2 amide bonds. The average Bonchev–Trinajstić information content (AvgIpc) is 2.64. The van der Waals surface area contributed by atoms with E-state index in [-0.39, 0.29) is 17.9 Å². The van der Waals surface area contributed by atoms with Gasteiger partial charge in [0.05, 0.1) is 28.7 Å². The number of likely N-dealkylation sites (tertiary alicyclic amines) is 1. The predicted octanol–water partition coefficient (Wildman–Crippen LogP) is 3.40. The number of benzene rings is 1. The highest BCUT2D eigenvalue weighted by molar-refractivity contribution is 6.42. The Balaban J connectivity index is 1.78. The molecule has 0 spiro atoms. The number of hydrogen-bond donors (Lipinski definition) is 2. The van der Waals surface area contributed by atoms with Crippen molar-refractivity contribution in [3.05, 3.63) is 33.8 Å². The van der Waals surface area contributed by atoms with Crippen LogP contribution < -0.4 is 5.32 Å². The summed E-state index contributed by atoms with van der Waals surface area (Å²) in [5.74, 6) is -0.365. The quantitative estimate of drug-likeness (QED) is 0.763. The zero-order valence-electron chi connectivity index (χ0n) is 14.7. The molecule has 1 aliphatic heterocycles. The molecule has 2 atom stereocenters. The molecule has 0 aliphatic carbocycles. The van der Waals surface area contributed by atoms with E-state index in [9.17, 15) is 14.7 Å². The monoisotopic (exact) mass is 402 g/mol. The lowest BCUT2D eigenvalue weighted by Gasteiger charge is -2.31. The molecular formula is C18H24Cl2N2O4. The van der Waals surface area contributed by atoms with Gasteiger partial charge < -0.3 is 20.1 Å². The first kappa shape index (κ1) is 20.8. The minimum absolute atomic E-state index is 0.111. The van der Waals surface area contributed by atoms with Crippen molar-refractivity contribution in [2.75, 3.05) is 26.2 Å². The van der Waals surface area contributed by atoms with Gasteiger partial charge in [0.25, 0.3) is 0 Å². The summed E-state index contributed by atoms with van der Waals surface area (Å²) >= 11 is 11.8. The third-order valence-electron chi connectivity index (χ3n) is 4.36. The Morgan fingerprint density at radius 3 is 2.85 bits per heavy atom. The highest BCUT2D eigenvalue weighted by Gasteiger charge is 2.28. The van der Waals surface area contributed by atoms with E-state index >= 15 is 0 Å². The van der Waals surface area contributed by atoms with Crippen molar-refractivity contribution >= 4 is 35.2 Å². The Morgan fingerprint density at radius 1 is 1.38 bits per heavy atom. The fourth-order valence-corrected chi connectivity index (χ4v) is 3.24. The first-order valence-corrected chi connectivity index (χ1v) is 9.50. The van der Waals surface area contributed by atoms with Crippen molar-refractivity contribution in [1.82, 2.24) is 10.2 Å². The highest BCUT2D eigenvalue weighted by atomic mass is 35.5. The van der Waals surface area contributed by atoms with Crippen LogP contribution in [0, 0.1) is 5.92 Å². The summed E-state index contributed by atoms with van der Waals surface area (Å²) in [5, 5.41) is 13.9. The lowest BCUT2D eigenvalue weighted by molar-refractivity contribution is -0.126. The van der Waals surface area contributed by atoms with Crippen LogP contribution in [0.2, 0.25) is 10.0 Å². The normalized spacial score (nSPS) is 18.3. The van der Waals surface area contributed by atoms with Crippen molar-refractivity contribution < 1.29 is 19.4 Å². The summed E-state index contributed by atoms with van der Waals surface area (Å²) in [6.45, 7) is 3.37. The van der Waals surface area contributed by atoms with Gasteiger partial charge in [0.15, 0.2) is 0 Å². The molecule has 1 heterocycles. The average molecular weight is 403 g/mol. The summed E-state index contributed by atoms with van der Waals surface area (Å²) in [7, 11) is 0.